The van der Waals surface area contributed by atoms with Gasteiger partial charge in [-0.15, -0.1) is 10.2 Å². The summed E-state index contributed by atoms with van der Waals surface area (Å²) in [5.41, 5.74) is 2.95. The van der Waals surface area contributed by atoms with E-state index in [4.69, 9.17) is 4.74 Å². The van der Waals surface area contributed by atoms with Crippen molar-refractivity contribution in [2.45, 2.75) is 77.4 Å². The van der Waals surface area contributed by atoms with E-state index in [1.807, 2.05) is 13.0 Å². The van der Waals surface area contributed by atoms with E-state index in [9.17, 15) is 4.79 Å². The molecule has 1 N–H and O–H groups in total. The highest BCUT2D eigenvalue weighted by atomic mass is 16.5. The summed E-state index contributed by atoms with van der Waals surface area (Å²) in [6.45, 7) is 6.60. The largest absolute Gasteiger partial charge is 0.385 e. The molecule has 7 heteroatoms. The first-order valence-corrected chi connectivity index (χ1v) is 10.5. The quantitative estimate of drug-likeness (QED) is 0.744. The first-order chi connectivity index (χ1) is 13.6. The maximum atomic E-state index is 13.0. The molecule has 7 nitrogen and oxygen atoms in total. The first-order valence-electron chi connectivity index (χ1n) is 10.5. The normalized spacial score (nSPS) is 19.3. The van der Waals surface area contributed by atoms with Gasteiger partial charge >= 0.3 is 0 Å². The van der Waals surface area contributed by atoms with Crippen LogP contribution in [0.3, 0.4) is 0 Å². The maximum absolute atomic E-state index is 13.0. The highest BCUT2D eigenvalue weighted by molar-refractivity contribution is 5.95. The Bertz CT molecular complexity index is 849. The molecule has 0 aromatic carbocycles. The topological polar surface area (TPSA) is 74.0 Å². The fourth-order valence-electron chi connectivity index (χ4n) is 4.30. The summed E-state index contributed by atoms with van der Waals surface area (Å²) in [6, 6.07) is 2.19. The molecule has 0 saturated heterocycles. The smallest absolute Gasteiger partial charge is 0.253 e. The zero-order valence-corrected chi connectivity index (χ0v) is 17.2. The van der Waals surface area contributed by atoms with Gasteiger partial charge < -0.3 is 19.2 Å². The minimum absolute atomic E-state index is 0.0381. The van der Waals surface area contributed by atoms with Gasteiger partial charge in [0.2, 0.25) is 0 Å². The predicted molar refractivity (Wildman–Crippen MR) is 107 cm³/mol. The van der Waals surface area contributed by atoms with Gasteiger partial charge in [-0.2, -0.15) is 0 Å². The molecule has 1 saturated carbocycles. The molecule has 1 aliphatic carbocycles. The Kier molecular flexibility index (Phi) is 5.53. The van der Waals surface area contributed by atoms with Gasteiger partial charge in [0.05, 0.1) is 5.56 Å². The first kappa shape index (κ1) is 19.2. The lowest BCUT2D eigenvalue weighted by Crippen LogP contribution is -2.35. The lowest BCUT2D eigenvalue weighted by molar-refractivity contribution is 0.0932. The average molecular weight is 386 g/mol. The Balaban J connectivity index is 1.39. The summed E-state index contributed by atoms with van der Waals surface area (Å²) in [7, 11) is 1.72. The monoisotopic (exact) mass is 385 g/mol. The summed E-state index contributed by atoms with van der Waals surface area (Å²) in [4.78, 5) is 13.0. The van der Waals surface area contributed by atoms with E-state index >= 15 is 0 Å². The van der Waals surface area contributed by atoms with E-state index in [1.165, 1.54) is 12.8 Å². The number of hydrogen-bond acceptors (Lipinski definition) is 4. The van der Waals surface area contributed by atoms with Crippen molar-refractivity contribution in [3.8, 4) is 0 Å². The number of aromatic nitrogens is 4. The van der Waals surface area contributed by atoms with Crippen LogP contribution >= 0.6 is 0 Å². The van der Waals surface area contributed by atoms with Crippen LogP contribution in [0.25, 0.3) is 0 Å². The molecule has 1 atom stereocenters. The summed E-state index contributed by atoms with van der Waals surface area (Å²) in [5.74, 6) is 2.88. The Morgan fingerprint density at radius 3 is 2.82 bits per heavy atom. The molecule has 3 heterocycles. The molecule has 2 aromatic heterocycles. The zero-order valence-electron chi connectivity index (χ0n) is 17.2. The molecular formula is C21H31N5O2. The molecular weight excluding hydrogens is 354 g/mol. The highest BCUT2D eigenvalue weighted by Gasteiger charge is 2.31. The van der Waals surface area contributed by atoms with E-state index in [0.29, 0.717) is 5.92 Å². The second-order valence-corrected chi connectivity index (χ2v) is 8.18. The van der Waals surface area contributed by atoms with E-state index in [0.717, 1.165) is 74.0 Å². The van der Waals surface area contributed by atoms with Crippen LogP contribution in [0.2, 0.25) is 0 Å². The van der Waals surface area contributed by atoms with Gasteiger partial charge in [-0.05, 0) is 52.0 Å². The third-order valence-corrected chi connectivity index (χ3v) is 6.10. The fraction of sp³-hybridized carbons (Fsp3) is 0.667. The second-order valence-electron chi connectivity index (χ2n) is 8.18. The summed E-state index contributed by atoms with van der Waals surface area (Å²) >= 11 is 0. The molecule has 28 heavy (non-hydrogen) atoms. The summed E-state index contributed by atoms with van der Waals surface area (Å²) < 4.78 is 9.66. The van der Waals surface area contributed by atoms with Crippen molar-refractivity contribution >= 4 is 5.91 Å². The van der Waals surface area contributed by atoms with Crippen LogP contribution < -0.4 is 5.32 Å². The van der Waals surface area contributed by atoms with Crippen molar-refractivity contribution < 1.29 is 9.53 Å². The molecule has 1 fully saturated rings. The fourth-order valence-corrected chi connectivity index (χ4v) is 4.30. The van der Waals surface area contributed by atoms with Crippen molar-refractivity contribution in [1.29, 1.82) is 0 Å². The Morgan fingerprint density at radius 1 is 1.25 bits per heavy atom. The van der Waals surface area contributed by atoms with Crippen LogP contribution in [-0.4, -0.2) is 45.0 Å². The van der Waals surface area contributed by atoms with E-state index in [1.54, 1.807) is 7.11 Å². The van der Waals surface area contributed by atoms with Gasteiger partial charge in [-0.3, -0.25) is 4.79 Å². The lowest BCUT2D eigenvalue weighted by Gasteiger charge is -2.16. The number of hydrogen-bond donors (Lipinski definition) is 1. The van der Waals surface area contributed by atoms with Gasteiger partial charge in [0.15, 0.2) is 0 Å². The molecule has 0 bridgehead atoms. The molecule has 152 valence electrons. The van der Waals surface area contributed by atoms with Gasteiger partial charge in [0.1, 0.15) is 11.6 Å². The van der Waals surface area contributed by atoms with E-state index in [2.05, 4.69) is 31.6 Å². The minimum Gasteiger partial charge on any atom is -0.385 e. The molecule has 4 rings (SSSR count). The third-order valence-electron chi connectivity index (χ3n) is 6.10. The lowest BCUT2D eigenvalue weighted by atomic mass is 10.1. The number of nitrogens with zero attached hydrogens (tertiary/aromatic N) is 4. The van der Waals surface area contributed by atoms with Gasteiger partial charge in [0, 0.05) is 56.6 Å². The van der Waals surface area contributed by atoms with Crippen molar-refractivity contribution in [2.75, 3.05) is 13.7 Å². The molecule has 2 aromatic rings. The molecule has 1 aliphatic heterocycles. The number of aryl methyl sites for hydroxylation is 2. The molecule has 2 aliphatic rings. The number of amides is 1. The second kappa shape index (κ2) is 8.07. The maximum Gasteiger partial charge on any atom is 0.253 e. The zero-order chi connectivity index (χ0) is 19.7. The van der Waals surface area contributed by atoms with E-state index in [-0.39, 0.29) is 11.9 Å². The number of fused-ring (bicyclic) bond motifs is 1. The van der Waals surface area contributed by atoms with Crippen molar-refractivity contribution in [3.05, 3.63) is 34.7 Å². The van der Waals surface area contributed by atoms with E-state index < -0.39 is 0 Å². The Labute approximate surface area is 166 Å². The molecule has 1 amide bonds. The van der Waals surface area contributed by atoms with Crippen molar-refractivity contribution in [1.82, 2.24) is 24.6 Å². The SMILES string of the molecule is COCCCn1c(C)cc(C(=O)NC2CCc3nnc(C4CC4)n3CC2)c1C. The van der Waals surface area contributed by atoms with Crippen molar-refractivity contribution in [2.24, 2.45) is 0 Å². The van der Waals surface area contributed by atoms with Crippen LogP contribution in [0.1, 0.15) is 71.4 Å². The number of methoxy groups -OCH3 is 1. The molecule has 0 spiro atoms. The average Bonchev–Trinajstić information content (AvgIpc) is 3.42. The van der Waals surface area contributed by atoms with Crippen LogP contribution in [-0.2, 0) is 24.2 Å². The standard InChI is InChI=1S/C21H31N5O2/c1-14-13-18(15(2)25(14)10-4-12-28-3)21(27)22-17-7-8-19-23-24-20(16-5-6-16)26(19)11-9-17/h13,16-17H,4-12H2,1-3H3,(H,22,27). The molecule has 0 radical (unpaired) electrons. The van der Waals surface area contributed by atoms with Gasteiger partial charge in [-0.1, -0.05) is 0 Å². The third kappa shape index (κ3) is 3.85. The number of ether oxygens (including phenoxy) is 1. The number of carbonyl (C=O) groups excluding carboxylic acids is 1. The van der Waals surface area contributed by atoms with Crippen LogP contribution in [0, 0.1) is 13.8 Å². The summed E-state index contributed by atoms with van der Waals surface area (Å²) in [5, 5.41) is 12.1. The Hall–Kier alpha value is -2.15. The van der Waals surface area contributed by atoms with Crippen molar-refractivity contribution in [3.63, 3.8) is 0 Å². The predicted octanol–water partition coefficient (Wildman–Crippen LogP) is 2.75. The van der Waals surface area contributed by atoms with Crippen LogP contribution in [0.5, 0.6) is 0 Å². The number of rotatable bonds is 7. The van der Waals surface area contributed by atoms with Crippen LogP contribution in [0.4, 0.5) is 0 Å². The number of carbonyl (C=O) groups is 1. The van der Waals surface area contributed by atoms with Gasteiger partial charge in [-0.25, -0.2) is 0 Å². The Morgan fingerprint density at radius 2 is 2.07 bits per heavy atom. The highest BCUT2D eigenvalue weighted by Crippen LogP contribution is 2.39. The summed E-state index contributed by atoms with van der Waals surface area (Å²) in [6.07, 6.45) is 6.14. The molecule has 1 unspecified atom stereocenters. The minimum atomic E-state index is 0.0381. The number of nitrogens with one attached hydrogen (secondary N) is 1. The van der Waals surface area contributed by atoms with Gasteiger partial charge in [0.25, 0.3) is 5.91 Å². The van der Waals surface area contributed by atoms with Crippen LogP contribution in [0.15, 0.2) is 6.07 Å².